The fraction of sp³-hybridized carbons (Fsp3) is 0.500. The highest BCUT2D eigenvalue weighted by Gasteiger charge is 2.16. The summed E-state index contributed by atoms with van der Waals surface area (Å²) in [6.07, 6.45) is 7.19. The van der Waals surface area contributed by atoms with Gasteiger partial charge in [0.05, 0.1) is 31.1 Å². The van der Waals surface area contributed by atoms with E-state index in [4.69, 9.17) is 4.74 Å². The van der Waals surface area contributed by atoms with E-state index in [0.29, 0.717) is 18.2 Å². The number of hydrogen-bond donors (Lipinski definition) is 1. The Labute approximate surface area is 125 Å². The van der Waals surface area contributed by atoms with E-state index in [1.54, 1.807) is 25.6 Å². The molecule has 5 heteroatoms. The Balaban J connectivity index is 2.11. The fourth-order valence-corrected chi connectivity index (χ4v) is 2.50. The van der Waals surface area contributed by atoms with Gasteiger partial charge in [0.1, 0.15) is 5.75 Å². The lowest BCUT2D eigenvalue weighted by Gasteiger charge is -2.14. The Morgan fingerprint density at radius 3 is 2.71 bits per heavy atom. The molecule has 0 amide bonds. The number of aromatic nitrogens is 3. The summed E-state index contributed by atoms with van der Waals surface area (Å²) in [4.78, 5) is 4.00. The van der Waals surface area contributed by atoms with Crippen LogP contribution in [0.4, 0.5) is 0 Å². The van der Waals surface area contributed by atoms with Crippen LogP contribution in [-0.2, 0) is 6.42 Å². The quantitative estimate of drug-likeness (QED) is 0.851. The number of hydrogen-bond acceptors (Lipinski definition) is 4. The van der Waals surface area contributed by atoms with Gasteiger partial charge in [-0.3, -0.25) is 9.67 Å². The third-order valence-electron chi connectivity index (χ3n) is 3.78. The zero-order chi connectivity index (χ0) is 15.2. The second-order valence-corrected chi connectivity index (χ2v) is 5.09. The van der Waals surface area contributed by atoms with Crippen LogP contribution in [0.25, 0.3) is 0 Å². The zero-order valence-corrected chi connectivity index (χ0v) is 12.9. The normalized spacial score (nSPS) is 12.6. The van der Waals surface area contributed by atoms with Gasteiger partial charge in [0.25, 0.3) is 0 Å². The van der Waals surface area contributed by atoms with E-state index in [2.05, 4.69) is 23.9 Å². The molecule has 0 saturated carbocycles. The van der Waals surface area contributed by atoms with Crippen molar-refractivity contribution in [1.29, 1.82) is 0 Å². The van der Waals surface area contributed by atoms with Crippen LogP contribution < -0.4 is 4.74 Å². The maximum atomic E-state index is 10.4. The van der Waals surface area contributed by atoms with Gasteiger partial charge >= 0.3 is 0 Å². The van der Waals surface area contributed by atoms with Crippen molar-refractivity contribution in [2.24, 2.45) is 0 Å². The van der Waals surface area contributed by atoms with Crippen molar-refractivity contribution in [3.63, 3.8) is 0 Å². The zero-order valence-electron chi connectivity index (χ0n) is 12.9. The average Bonchev–Trinajstić information content (AvgIpc) is 2.96. The number of aliphatic hydroxyl groups excluding tert-OH is 1. The van der Waals surface area contributed by atoms with Crippen molar-refractivity contribution in [3.8, 4) is 5.75 Å². The van der Waals surface area contributed by atoms with Gasteiger partial charge in [0, 0.05) is 24.4 Å². The van der Waals surface area contributed by atoms with Gasteiger partial charge in [-0.1, -0.05) is 13.8 Å². The molecule has 2 heterocycles. The van der Waals surface area contributed by atoms with Gasteiger partial charge in [0.15, 0.2) is 0 Å². The van der Waals surface area contributed by atoms with Crippen molar-refractivity contribution in [1.82, 2.24) is 14.8 Å². The topological polar surface area (TPSA) is 60.2 Å². The van der Waals surface area contributed by atoms with E-state index >= 15 is 0 Å². The lowest BCUT2D eigenvalue weighted by molar-refractivity contribution is 0.172. The first-order valence-electron chi connectivity index (χ1n) is 7.39. The lowest BCUT2D eigenvalue weighted by atomic mass is 10.1. The van der Waals surface area contributed by atoms with Crippen LogP contribution in [0.3, 0.4) is 0 Å². The highest BCUT2D eigenvalue weighted by atomic mass is 16.5. The van der Waals surface area contributed by atoms with Crippen LogP contribution in [0.15, 0.2) is 30.7 Å². The van der Waals surface area contributed by atoms with E-state index in [0.717, 1.165) is 24.1 Å². The molecule has 2 aromatic heterocycles. The van der Waals surface area contributed by atoms with Crippen LogP contribution in [0.2, 0.25) is 0 Å². The van der Waals surface area contributed by atoms with Crippen LogP contribution in [0.5, 0.6) is 5.75 Å². The van der Waals surface area contributed by atoms with Crippen LogP contribution in [0.1, 0.15) is 50.1 Å². The smallest absolute Gasteiger partial charge is 0.142 e. The molecule has 2 aromatic rings. The monoisotopic (exact) mass is 289 g/mol. The molecule has 114 valence electrons. The fourth-order valence-electron chi connectivity index (χ4n) is 2.50. The summed E-state index contributed by atoms with van der Waals surface area (Å²) in [5.74, 6) is 0.601. The van der Waals surface area contributed by atoms with Gasteiger partial charge in [0.2, 0.25) is 0 Å². The summed E-state index contributed by atoms with van der Waals surface area (Å²) in [5, 5.41) is 15.0. The van der Waals surface area contributed by atoms with E-state index < -0.39 is 6.10 Å². The maximum Gasteiger partial charge on any atom is 0.142 e. The third kappa shape index (κ3) is 3.61. The van der Waals surface area contributed by atoms with E-state index in [1.165, 1.54) is 0 Å². The molecule has 0 aliphatic heterocycles. The number of nitrogens with zero attached hydrogens (tertiary/aromatic N) is 3. The van der Waals surface area contributed by atoms with Crippen molar-refractivity contribution in [2.75, 3.05) is 7.11 Å². The summed E-state index contributed by atoms with van der Waals surface area (Å²) >= 11 is 0. The Morgan fingerprint density at radius 1 is 1.29 bits per heavy atom. The van der Waals surface area contributed by atoms with Gasteiger partial charge in [-0.2, -0.15) is 5.10 Å². The first-order valence-corrected chi connectivity index (χ1v) is 7.39. The Hall–Kier alpha value is -1.88. The van der Waals surface area contributed by atoms with Gasteiger partial charge in [-0.05, 0) is 25.0 Å². The summed E-state index contributed by atoms with van der Waals surface area (Å²) < 4.78 is 7.23. The average molecular weight is 289 g/mol. The number of ether oxygens (including phenoxy) is 1. The van der Waals surface area contributed by atoms with Gasteiger partial charge in [-0.25, -0.2) is 0 Å². The van der Waals surface area contributed by atoms with E-state index in [1.807, 2.05) is 16.9 Å². The number of methoxy groups -OCH3 is 1. The summed E-state index contributed by atoms with van der Waals surface area (Å²) in [7, 11) is 1.58. The van der Waals surface area contributed by atoms with Gasteiger partial charge < -0.3 is 9.84 Å². The number of aliphatic hydroxyl groups is 1. The molecule has 1 atom stereocenters. The molecule has 21 heavy (non-hydrogen) atoms. The van der Waals surface area contributed by atoms with Crippen molar-refractivity contribution < 1.29 is 9.84 Å². The lowest BCUT2D eigenvalue weighted by Crippen LogP contribution is -2.09. The summed E-state index contributed by atoms with van der Waals surface area (Å²) in [6.45, 7) is 4.32. The van der Waals surface area contributed by atoms with Crippen molar-refractivity contribution >= 4 is 0 Å². The standard InChI is InChI=1S/C16H23N3O2/c1-4-13(5-2)19-9-7-12(18-19)10-15(20)14-6-8-17-11-16(14)21-3/h6-9,11,13,15,20H,4-5,10H2,1-3H3. The molecule has 0 fully saturated rings. The van der Waals surface area contributed by atoms with Crippen molar-refractivity contribution in [3.05, 3.63) is 42.0 Å². The van der Waals surface area contributed by atoms with E-state index in [-0.39, 0.29) is 0 Å². The Morgan fingerprint density at radius 2 is 2.05 bits per heavy atom. The summed E-state index contributed by atoms with van der Waals surface area (Å²) in [6, 6.07) is 4.17. The first kappa shape index (κ1) is 15.5. The number of rotatable bonds is 7. The SMILES string of the molecule is CCC(CC)n1ccc(CC(O)c2ccncc2OC)n1. The van der Waals surface area contributed by atoms with E-state index in [9.17, 15) is 5.11 Å². The predicted molar refractivity (Wildman–Crippen MR) is 81.3 cm³/mol. The Kier molecular flexibility index (Phi) is 5.33. The molecule has 0 aromatic carbocycles. The highest BCUT2D eigenvalue weighted by molar-refractivity contribution is 5.32. The van der Waals surface area contributed by atoms with Crippen LogP contribution >= 0.6 is 0 Å². The van der Waals surface area contributed by atoms with Crippen molar-refractivity contribution in [2.45, 2.75) is 45.3 Å². The minimum atomic E-state index is -0.645. The molecular weight excluding hydrogens is 266 g/mol. The molecule has 0 spiro atoms. The molecule has 1 N–H and O–H groups in total. The maximum absolute atomic E-state index is 10.4. The molecule has 0 aliphatic carbocycles. The minimum Gasteiger partial charge on any atom is -0.495 e. The predicted octanol–water partition coefficient (Wildman–Crippen LogP) is 2.92. The molecular formula is C16H23N3O2. The minimum absolute atomic E-state index is 0.423. The third-order valence-corrected chi connectivity index (χ3v) is 3.78. The van der Waals surface area contributed by atoms with Crippen LogP contribution in [0, 0.1) is 0 Å². The number of pyridine rings is 1. The second-order valence-electron chi connectivity index (χ2n) is 5.09. The molecule has 5 nitrogen and oxygen atoms in total. The van der Waals surface area contributed by atoms with Gasteiger partial charge in [-0.15, -0.1) is 0 Å². The highest BCUT2D eigenvalue weighted by Crippen LogP contribution is 2.26. The molecule has 0 saturated heterocycles. The molecule has 2 rings (SSSR count). The van der Waals surface area contributed by atoms with Crippen LogP contribution in [-0.4, -0.2) is 27.0 Å². The molecule has 0 bridgehead atoms. The first-order chi connectivity index (χ1) is 10.2. The Bertz CT molecular complexity index is 564. The molecule has 1 unspecified atom stereocenters. The summed E-state index contributed by atoms with van der Waals surface area (Å²) in [5.41, 5.74) is 1.62. The molecule has 0 aliphatic rings. The molecule has 0 radical (unpaired) electrons. The largest absolute Gasteiger partial charge is 0.495 e. The second kappa shape index (κ2) is 7.22.